The molecule has 0 aliphatic heterocycles. The Balaban J connectivity index is 2.10. The summed E-state index contributed by atoms with van der Waals surface area (Å²) in [4.78, 5) is 17.3. The number of fused-ring (bicyclic) bond motifs is 1. The summed E-state index contributed by atoms with van der Waals surface area (Å²) in [7, 11) is 1.59. The first-order chi connectivity index (χ1) is 12.9. The Labute approximate surface area is 165 Å². The van der Waals surface area contributed by atoms with Gasteiger partial charge in [-0.05, 0) is 51.1 Å². The van der Waals surface area contributed by atoms with Crippen LogP contribution in [0.1, 0.15) is 25.2 Å². The summed E-state index contributed by atoms with van der Waals surface area (Å²) in [6.45, 7) is 5.62. The summed E-state index contributed by atoms with van der Waals surface area (Å²) >= 11 is 3.39. The lowest BCUT2D eigenvalue weighted by Crippen LogP contribution is -2.20. The molecule has 0 saturated carbocycles. The van der Waals surface area contributed by atoms with E-state index >= 15 is 0 Å². The number of aromatic nitrogens is 2. The third-order valence-electron chi connectivity index (χ3n) is 3.87. The second-order valence-corrected chi connectivity index (χ2v) is 7.14. The van der Waals surface area contributed by atoms with Gasteiger partial charge in [-0.3, -0.25) is 4.79 Å². The second kappa shape index (κ2) is 7.92. The van der Waals surface area contributed by atoms with Gasteiger partial charge in [0.15, 0.2) is 11.5 Å². The number of rotatable bonds is 5. The molecule has 0 unspecified atom stereocenters. The lowest BCUT2D eigenvalue weighted by Gasteiger charge is -2.15. The Morgan fingerprint density at radius 3 is 2.74 bits per heavy atom. The molecule has 1 heterocycles. The van der Waals surface area contributed by atoms with Gasteiger partial charge in [-0.15, -0.1) is 0 Å². The third-order valence-corrected chi connectivity index (χ3v) is 4.36. The van der Waals surface area contributed by atoms with Crippen LogP contribution in [0.15, 0.2) is 50.8 Å². The molecule has 27 heavy (non-hydrogen) atoms. The maximum atomic E-state index is 12.8. The monoisotopic (exact) mass is 429 g/mol. The van der Waals surface area contributed by atoms with Crippen LogP contribution in [0.5, 0.6) is 11.5 Å². The first-order valence-corrected chi connectivity index (χ1v) is 9.27. The van der Waals surface area contributed by atoms with Gasteiger partial charge in [-0.1, -0.05) is 22.0 Å². The summed E-state index contributed by atoms with van der Waals surface area (Å²) in [5.41, 5.74) is 1.12. The summed E-state index contributed by atoms with van der Waals surface area (Å²) in [6.07, 6.45) is 1.55. The first-order valence-electron chi connectivity index (χ1n) is 8.47. The van der Waals surface area contributed by atoms with Crippen LogP contribution in [0.25, 0.3) is 10.9 Å². The molecule has 0 fully saturated rings. The molecule has 140 valence electrons. The molecule has 0 bridgehead atoms. The van der Waals surface area contributed by atoms with E-state index in [4.69, 9.17) is 9.47 Å². The van der Waals surface area contributed by atoms with Crippen molar-refractivity contribution in [2.24, 2.45) is 5.10 Å². The number of methoxy groups -OCH3 is 1. The third kappa shape index (κ3) is 4.03. The van der Waals surface area contributed by atoms with Gasteiger partial charge in [0.05, 0.1) is 30.3 Å². The minimum absolute atomic E-state index is 0.0300. The largest absolute Gasteiger partial charge is 0.493 e. The van der Waals surface area contributed by atoms with E-state index in [9.17, 15) is 4.79 Å². The lowest BCUT2D eigenvalue weighted by atomic mass is 10.2. The standard InChI is InChI=1S/C20H20BrN3O3/c1-12(2)27-19-14(6-5-7-18(19)26-4)11-22-24-13(3)23-17-9-8-15(21)10-16(17)20(24)25/h5-12H,1-4H3. The molecule has 0 saturated heterocycles. The van der Waals surface area contributed by atoms with Crippen LogP contribution < -0.4 is 15.0 Å². The van der Waals surface area contributed by atoms with Gasteiger partial charge in [0.2, 0.25) is 0 Å². The number of benzene rings is 2. The molecule has 3 rings (SSSR count). The zero-order valence-corrected chi connectivity index (χ0v) is 17.1. The molecule has 0 amide bonds. The van der Waals surface area contributed by atoms with Gasteiger partial charge < -0.3 is 9.47 Å². The highest BCUT2D eigenvalue weighted by molar-refractivity contribution is 9.10. The number of hydrogen-bond acceptors (Lipinski definition) is 5. The molecule has 0 radical (unpaired) electrons. The second-order valence-electron chi connectivity index (χ2n) is 6.23. The molecule has 2 aromatic carbocycles. The predicted octanol–water partition coefficient (Wildman–Crippen LogP) is 4.15. The van der Waals surface area contributed by atoms with Gasteiger partial charge in [0.1, 0.15) is 5.82 Å². The Bertz CT molecular complexity index is 1070. The van der Waals surface area contributed by atoms with Crippen LogP contribution in [0.2, 0.25) is 0 Å². The fourth-order valence-electron chi connectivity index (χ4n) is 2.67. The van der Waals surface area contributed by atoms with Crippen molar-refractivity contribution in [1.82, 2.24) is 9.66 Å². The molecule has 0 atom stereocenters. The maximum absolute atomic E-state index is 12.8. The normalized spacial score (nSPS) is 11.5. The van der Waals surface area contributed by atoms with Gasteiger partial charge in [0.25, 0.3) is 5.56 Å². The topological polar surface area (TPSA) is 65.7 Å². The Morgan fingerprint density at radius 1 is 1.26 bits per heavy atom. The smallest absolute Gasteiger partial charge is 0.282 e. The van der Waals surface area contributed by atoms with Crippen molar-refractivity contribution >= 4 is 33.0 Å². The van der Waals surface area contributed by atoms with Crippen molar-refractivity contribution in [2.75, 3.05) is 7.11 Å². The highest BCUT2D eigenvalue weighted by Gasteiger charge is 2.12. The van der Waals surface area contributed by atoms with Crippen molar-refractivity contribution in [3.63, 3.8) is 0 Å². The quantitative estimate of drug-likeness (QED) is 0.571. The van der Waals surface area contributed by atoms with Crippen LogP contribution in [-0.2, 0) is 0 Å². The van der Waals surface area contributed by atoms with E-state index in [1.165, 1.54) is 4.68 Å². The molecule has 0 N–H and O–H groups in total. The molecule has 3 aromatic rings. The van der Waals surface area contributed by atoms with Crippen molar-refractivity contribution in [3.8, 4) is 11.5 Å². The predicted molar refractivity (Wildman–Crippen MR) is 110 cm³/mol. The number of ether oxygens (including phenoxy) is 2. The van der Waals surface area contributed by atoms with Crippen molar-refractivity contribution < 1.29 is 9.47 Å². The summed E-state index contributed by atoms with van der Waals surface area (Å²) in [5.74, 6) is 1.69. The van der Waals surface area contributed by atoms with Crippen LogP contribution >= 0.6 is 15.9 Å². The Morgan fingerprint density at radius 2 is 2.04 bits per heavy atom. The Hall–Kier alpha value is -2.67. The maximum Gasteiger partial charge on any atom is 0.282 e. The van der Waals surface area contributed by atoms with Gasteiger partial charge in [-0.25, -0.2) is 4.98 Å². The molecule has 6 nitrogen and oxygen atoms in total. The number of aryl methyl sites for hydroxylation is 1. The lowest BCUT2D eigenvalue weighted by molar-refractivity contribution is 0.230. The van der Waals surface area contributed by atoms with E-state index in [0.29, 0.717) is 33.8 Å². The zero-order valence-electron chi connectivity index (χ0n) is 15.6. The molecule has 7 heteroatoms. The fourth-order valence-corrected chi connectivity index (χ4v) is 3.03. The van der Waals surface area contributed by atoms with Crippen LogP contribution in [0.3, 0.4) is 0 Å². The number of hydrogen-bond donors (Lipinski definition) is 0. The summed E-state index contributed by atoms with van der Waals surface area (Å²) in [6, 6.07) is 10.9. The molecule has 0 aliphatic carbocycles. The molecule has 0 spiro atoms. The summed E-state index contributed by atoms with van der Waals surface area (Å²) in [5, 5.41) is 4.86. The SMILES string of the molecule is COc1cccc(C=Nn2c(C)nc3ccc(Br)cc3c2=O)c1OC(C)C. The fraction of sp³-hybridized carbons (Fsp3) is 0.250. The summed E-state index contributed by atoms with van der Waals surface area (Å²) < 4.78 is 13.4. The van der Waals surface area contributed by atoms with Crippen LogP contribution in [-0.4, -0.2) is 29.1 Å². The molecule has 0 aliphatic rings. The van der Waals surface area contributed by atoms with E-state index in [-0.39, 0.29) is 11.7 Å². The van der Waals surface area contributed by atoms with Gasteiger partial charge >= 0.3 is 0 Å². The van der Waals surface area contributed by atoms with Crippen LogP contribution in [0, 0.1) is 6.92 Å². The van der Waals surface area contributed by atoms with Crippen molar-refractivity contribution in [3.05, 3.63) is 62.6 Å². The molecular weight excluding hydrogens is 410 g/mol. The average molecular weight is 430 g/mol. The molecular formula is C20H20BrN3O3. The first kappa shape index (κ1) is 19.1. The molecule has 1 aromatic heterocycles. The highest BCUT2D eigenvalue weighted by Crippen LogP contribution is 2.31. The minimum Gasteiger partial charge on any atom is -0.493 e. The van der Waals surface area contributed by atoms with E-state index in [1.54, 1.807) is 32.4 Å². The average Bonchev–Trinajstić information content (AvgIpc) is 2.63. The van der Waals surface area contributed by atoms with Gasteiger partial charge in [0, 0.05) is 10.0 Å². The van der Waals surface area contributed by atoms with E-state index < -0.39 is 0 Å². The number of nitrogens with zero attached hydrogens (tertiary/aromatic N) is 3. The van der Waals surface area contributed by atoms with E-state index in [2.05, 4.69) is 26.0 Å². The van der Waals surface area contributed by atoms with E-state index in [0.717, 1.165) is 4.47 Å². The van der Waals surface area contributed by atoms with Crippen molar-refractivity contribution in [1.29, 1.82) is 0 Å². The van der Waals surface area contributed by atoms with Crippen LogP contribution in [0.4, 0.5) is 0 Å². The number of para-hydroxylation sites is 1. The highest BCUT2D eigenvalue weighted by atomic mass is 79.9. The van der Waals surface area contributed by atoms with Gasteiger partial charge in [-0.2, -0.15) is 9.78 Å². The number of halogens is 1. The zero-order chi connectivity index (χ0) is 19.6. The van der Waals surface area contributed by atoms with E-state index in [1.807, 2.05) is 38.1 Å². The Kier molecular flexibility index (Phi) is 5.60. The van der Waals surface area contributed by atoms with Crippen molar-refractivity contribution in [2.45, 2.75) is 26.9 Å². The minimum atomic E-state index is -0.232.